The molecule has 0 aliphatic rings. The first-order valence-corrected chi connectivity index (χ1v) is 6.49. The predicted octanol–water partition coefficient (Wildman–Crippen LogP) is 1.94. The summed E-state index contributed by atoms with van der Waals surface area (Å²) in [5.41, 5.74) is 7.49. The van der Waals surface area contributed by atoms with Gasteiger partial charge in [0.25, 0.3) is 5.91 Å². The molecule has 7 heteroatoms. The highest BCUT2D eigenvalue weighted by atomic mass is 32.1. The van der Waals surface area contributed by atoms with Gasteiger partial charge in [-0.2, -0.15) is 0 Å². The van der Waals surface area contributed by atoms with Gasteiger partial charge >= 0.3 is 0 Å². The lowest BCUT2D eigenvalue weighted by Gasteiger charge is -2.10. The van der Waals surface area contributed by atoms with E-state index in [2.05, 4.69) is 14.9 Å². The molecule has 3 N–H and O–H groups in total. The third-order valence-electron chi connectivity index (χ3n) is 2.57. The first-order chi connectivity index (χ1) is 9.15. The van der Waals surface area contributed by atoms with Crippen LogP contribution in [0.25, 0.3) is 0 Å². The predicted molar refractivity (Wildman–Crippen MR) is 74.6 cm³/mol. The quantitative estimate of drug-likeness (QED) is 0.834. The Bertz CT molecular complexity index is 597. The number of nitrogen functional groups attached to an aromatic ring is 1. The molecule has 1 amide bonds. The van der Waals surface area contributed by atoms with Crippen molar-refractivity contribution in [2.75, 3.05) is 18.2 Å². The number of carbonyl (C=O) groups excluding carboxylic acids is 1. The SMILES string of the molecule is CCc1nnsc1C(=O)Nc1ccc(N)cc1OC. The molecule has 0 aliphatic carbocycles. The Balaban J connectivity index is 2.24. The monoisotopic (exact) mass is 278 g/mol. The zero-order chi connectivity index (χ0) is 13.8. The summed E-state index contributed by atoms with van der Waals surface area (Å²) in [7, 11) is 1.52. The van der Waals surface area contributed by atoms with Gasteiger partial charge < -0.3 is 15.8 Å². The van der Waals surface area contributed by atoms with Crippen LogP contribution >= 0.6 is 11.5 Å². The van der Waals surface area contributed by atoms with Crippen LogP contribution in [0.3, 0.4) is 0 Å². The van der Waals surface area contributed by atoms with Crippen molar-refractivity contribution >= 4 is 28.8 Å². The van der Waals surface area contributed by atoms with E-state index in [9.17, 15) is 4.79 Å². The van der Waals surface area contributed by atoms with Crippen LogP contribution in [0.2, 0.25) is 0 Å². The van der Waals surface area contributed by atoms with Crippen LogP contribution in [0.4, 0.5) is 11.4 Å². The largest absolute Gasteiger partial charge is 0.494 e. The number of aromatic nitrogens is 2. The number of nitrogens with two attached hydrogens (primary N) is 1. The first-order valence-electron chi connectivity index (χ1n) is 5.71. The summed E-state index contributed by atoms with van der Waals surface area (Å²) >= 11 is 1.08. The second kappa shape index (κ2) is 5.66. The van der Waals surface area contributed by atoms with Gasteiger partial charge in [-0.1, -0.05) is 11.4 Å². The highest BCUT2D eigenvalue weighted by molar-refractivity contribution is 7.08. The van der Waals surface area contributed by atoms with Crippen molar-refractivity contribution in [2.45, 2.75) is 13.3 Å². The van der Waals surface area contributed by atoms with Crippen LogP contribution in [0.15, 0.2) is 18.2 Å². The summed E-state index contributed by atoms with van der Waals surface area (Å²) in [5, 5.41) is 6.69. The van der Waals surface area contributed by atoms with E-state index >= 15 is 0 Å². The van der Waals surface area contributed by atoms with Crippen LogP contribution in [0.5, 0.6) is 5.75 Å². The van der Waals surface area contributed by atoms with E-state index in [-0.39, 0.29) is 5.91 Å². The lowest BCUT2D eigenvalue weighted by atomic mass is 10.2. The van der Waals surface area contributed by atoms with Crippen LogP contribution in [-0.2, 0) is 6.42 Å². The molecule has 0 saturated heterocycles. The number of aryl methyl sites for hydroxylation is 1. The molecule has 0 saturated carbocycles. The molecule has 0 spiro atoms. The van der Waals surface area contributed by atoms with E-state index < -0.39 is 0 Å². The minimum atomic E-state index is -0.241. The lowest BCUT2D eigenvalue weighted by Crippen LogP contribution is -2.13. The van der Waals surface area contributed by atoms with Crippen molar-refractivity contribution in [3.63, 3.8) is 0 Å². The van der Waals surface area contributed by atoms with Crippen molar-refractivity contribution < 1.29 is 9.53 Å². The van der Waals surface area contributed by atoms with Gasteiger partial charge in [0.15, 0.2) is 0 Å². The number of methoxy groups -OCH3 is 1. The maximum Gasteiger partial charge on any atom is 0.269 e. The standard InChI is InChI=1S/C12H14N4O2S/c1-3-8-11(19-16-15-8)12(17)14-9-5-4-7(13)6-10(9)18-2/h4-6H,3,13H2,1-2H3,(H,14,17). The van der Waals surface area contributed by atoms with E-state index in [0.29, 0.717) is 34.1 Å². The van der Waals surface area contributed by atoms with Crippen molar-refractivity contribution in [3.05, 3.63) is 28.8 Å². The topological polar surface area (TPSA) is 90.1 Å². The van der Waals surface area contributed by atoms with E-state index in [0.717, 1.165) is 11.5 Å². The highest BCUT2D eigenvalue weighted by Gasteiger charge is 2.16. The number of rotatable bonds is 4. The van der Waals surface area contributed by atoms with Gasteiger partial charge in [0.1, 0.15) is 10.6 Å². The molecule has 2 rings (SSSR count). The molecule has 0 bridgehead atoms. The summed E-state index contributed by atoms with van der Waals surface area (Å²) in [6, 6.07) is 5.05. The molecule has 100 valence electrons. The summed E-state index contributed by atoms with van der Waals surface area (Å²) in [5.74, 6) is 0.277. The van der Waals surface area contributed by atoms with Crippen molar-refractivity contribution in [1.82, 2.24) is 9.59 Å². The molecule has 6 nitrogen and oxygen atoms in total. The summed E-state index contributed by atoms with van der Waals surface area (Å²) in [6.07, 6.45) is 0.665. The fraction of sp³-hybridized carbons (Fsp3) is 0.250. The Kier molecular flexibility index (Phi) is 3.96. The first kappa shape index (κ1) is 13.3. The summed E-state index contributed by atoms with van der Waals surface area (Å²) in [6.45, 7) is 1.93. The van der Waals surface area contributed by atoms with Gasteiger partial charge in [-0.05, 0) is 30.1 Å². The average Bonchev–Trinajstić information content (AvgIpc) is 2.89. The maximum absolute atomic E-state index is 12.1. The zero-order valence-corrected chi connectivity index (χ0v) is 11.5. The second-order valence-corrected chi connectivity index (χ2v) is 4.57. The number of nitrogens with one attached hydrogen (secondary N) is 1. The number of amides is 1. The van der Waals surface area contributed by atoms with Gasteiger partial charge in [-0.3, -0.25) is 4.79 Å². The Hall–Kier alpha value is -2.15. The molecule has 1 aromatic carbocycles. The molecular weight excluding hydrogens is 264 g/mol. The molecule has 2 aromatic rings. The molecule has 0 unspecified atom stereocenters. The van der Waals surface area contributed by atoms with Gasteiger partial charge in [0.2, 0.25) is 0 Å². The number of hydrogen-bond donors (Lipinski definition) is 2. The molecule has 19 heavy (non-hydrogen) atoms. The Labute approximate surface area is 114 Å². The van der Waals surface area contributed by atoms with Crippen molar-refractivity contribution in [3.8, 4) is 5.75 Å². The normalized spacial score (nSPS) is 10.2. The van der Waals surface area contributed by atoms with Gasteiger partial charge in [0, 0.05) is 11.8 Å². The third-order valence-corrected chi connectivity index (χ3v) is 3.34. The van der Waals surface area contributed by atoms with Crippen LogP contribution in [0.1, 0.15) is 22.3 Å². The number of carbonyl (C=O) groups is 1. The molecule has 0 atom stereocenters. The number of benzene rings is 1. The molecule has 0 fully saturated rings. The van der Waals surface area contributed by atoms with Gasteiger partial charge in [0.05, 0.1) is 18.5 Å². The minimum Gasteiger partial charge on any atom is -0.494 e. The number of nitrogens with zero attached hydrogens (tertiary/aromatic N) is 2. The molecular formula is C12H14N4O2S. The van der Waals surface area contributed by atoms with E-state index in [1.54, 1.807) is 18.2 Å². The Morgan fingerprint density at radius 1 is 1.53 bits per heavy atom. The number of ether oxygens (including phenoxy) is 1. The summed E-state index contributed by atoms with van der Waals surface area (Å²) in [4.78, 5) is 12.7. The average molecular weight is 278 g/mol. The minimum absolute atomic E-state index is 0.241. The van der Waals surface area contributed by atoms with Gasteiger partial charge in [-0.15, -0.1) is 5.10 Å². The fourth-order valence-corrected chi connectivity index (χ4v) is 2.25. The number of hydrogen-bond acceptors (Lipinski definition) is 6. The van der Waals surface area contributed by atoms with Crippen LogP contribution in [0, 0.1) is 0 Å². The highest BCUT2D eigenvalue weighted by Crippen LogP contribution is 2.27. The molecule has 0 radical (unpaired) electrons. The fourth-order valence-electron chi connectivity index (χ4n) is 1.60. The van der Waals surface area contributed by atoms with Gasteiger partial charge in [-0.25, -0.2) is 0 Å². The molecule has 0 aliphatic heterocycles. The molecule has 1 heterocycles. The lowest BCUT2D eigenvalue weighted by molar-refractivity contribution is 0.102. The Morgan fingerprint density at radius 2 is 2.32 bits per heavy atom. The summed E-state index contributed by atoms with van der Waals surface area (Å²) < 4.78 is 8.97. The van der Waals surface area contributed by atoms with Crippen molar-refractivity contribution in [2.24, 2.45) is 0 Å². The van der Waals surface area contributed by atoms with Crippen LogP contribution < -0.4 is 15.8 Å². The molecule has 1 aromatic heterocycles. The second-order valence-electron chi connectivity index (χ2n) is 3.82. The third kappa shape index (κ3) is 2.82. The van der Waals surface area contributed by atoms with E-state index in [4.69, 9.17) is 10.5 Å². The number of anilines is 2. The van der Waals surface area contributed by atoms with E-state index in [1.807, 2.05) is 6.92 Å². The Morgan fingerprint density at radius 3 is 3.00 bits per heavy atom. The van der Waals surface area contributed by atoms with Crippen molar-refractivity contribution in [1.29, 1.82) is 0 Å². The maximum atomic E-state index is 12.1. The zero-order valence-electron chi connectivity index (χ0n) is 10.6. The smallest absolute Gasteiger partial charge is 0.269 e. The van der Waals surface area contributed by atoms with Crippen LogP contribution in [-0.4, -0.2) is 22.6 Å². The van der Waals surface area contributed by atoms with E-state index in [1.165, 1.54) is 7.11 Å².